The van der Waals surface area contributed by atoms with Crippen LogP contribution in [-0.4, -0.2) is 18.8 Å². The van der Waals surface area contributed by atoms with E-state index in [0.29, 0.717) is 13.2 Å². The molecule has 1 aromatic carbocycles. The highest BCUT2D eigenvalue weighted by Crippen LogP contribution is 2.28. The number of rotatable bonds is 6. The first-order chi connectivity index (χ1) is 8.46. The maximum absolute atomic E-state index is 5.61. The Morgan fingerprint density at radius 3 is 2.17 bits per heavy atom. The first-order valence-electron chi connectivity index (χ1n) is 6.59. The zero-order valence-electron chi connectivity index (χ0n) is 12.2. The summed E-state index contributed by atoms with van der Waals surface area (Å²) in [6, 6.07) is 6.10. The molecule has 0 unspecified atom stereocenters. The van der Waals surface area contributed by atoms with Crippen LogP contribution in [0.15, 0.2) is 18.2 Å². The van der Waals surface area contributed by atoms with Crippen molar-refractivity contribution in [2.24, 2.45) is 0 Å². The second-order valence-electron chi connectivity index (χ2n) is 5.25. The van der Waals surface area contributed by atoms with E-state index in [1.54, 1.807) is 0 Å². The van der Waals surface area contributed by atoms with Crippen LogP contribution in [-0.2, 0) is 6.54 Å². The largest absolute Gasteiger partial charge is 0.490 e. The minimum Gasteiger partial charge on any atom is -0.490 e. The quantitative estimate of drug-likeness (QED) is 0.841. The summed E-state index contributed by atoms with van der Waals surface area (Å²) >= 11 is 0. The third-order valence-corrected chi connectivity index (χ3v) is 2.43. The molecule has 1 rings (SSSR count). The van der Waals surface area contributed by atoms with E-state index in [9.17, 15) is 0 Å². The van der Waals surface area contributed by atoms with E-state index in [1.807, 2.05) is 26.0 Å². The summed E-state index contributed by atoms with van der Waals surface area (Å²) in [6.45, 7) is 12.6. The van der Waals surface area contributed by atoms with Crippen molar-refractivity contribution < 1.29 is 9.47 Å². The van der Waals surface area contributed by atoms with E-state index < -0.39 is 0 Å². The van der Waals surface area contributed by atoms with Crippen molar-refractivity contribution in [1.29, 1.82) is 0 Å². The zero-order valence-corrected chi connectivity index (χ0v) is 12.2. The van der Waals surface area contributed by atoms with E-state index in [1.165, 1.54) is 5.56 Å². The monoisotopic (exact) mass is 251 g/mol. The van der Waals surface area contributed by atoms with Crippen LogP contribution in [0.5, 0.6) is 11.5 Å². The van der Waals surface area contributed by atoms with Gasteiger partial charge in [0.25, 0.3) is 0 Å². The number of nitrogens with one attached hydrogen (secondary N) is 1. The van der Waals surface area contributed by atoms with Gasteiger partial charge in [-0.3, -0.25) is 0 Å². The third-order valence-electron chi connectivity index (χ3n) is 2.43. The molecule has 0 aliphatic carbocycles. The lowest BCUT2D eigenvalue weighted by Crippen LogP contribution is -2.35. The van der Waals surface area contributed by atoms with Gasteiger partial charge in [-0.2, -0.15) is 0 Å². The number of hydrogen-bond acceptors (Lipinski definition) is 3. The maximum Gasteiger partial charge on any atom is 0.161 e. The van der Waals surface area contributed by atoms with E-state index in [0.717, 1.165) is 18.0 Å². The molecule has 0 saturated heterocycles. The van der Waals surface area contributed by atoms with Crippen molar-refractivity contribution >= 4 is 0 Å². The van der Waals surface area contributed by atoms with Gasteiger partial charge in [-0.25, -0.2) is 0 Å². The molecule has 18 heavy (non-hydrogen) atoms. The fourth-order valence-corrected chi connectivity index (χ4v) is 1.57. The van der Waals surface area contributed by atoms with Crippen molar-refractivity contribution in [3.8, 4) is 11.5 Å². The van der Waals surface area contributed by atoms with Gasteiger partial charge in [-0.05, 0) is 52.3 Å². The van der Waals surface area contributed by atoms with Gasteiger partial charge < -0.3 is 14.8 Å². The average Bonchev–Trinajstić information content (AvgIpc) is 2.29. The summed E-state index contributed by atoms with van der Waals surface area (Å²) in [7, 11) is 0. The van der Waals surface area contributed by atoms with Crippen molar-refractivity contribution in [3.05, 3.63) is 23.8 Å². The Kier molecular flexibility index (Phi) is 5.48. The fraction of sp³-hybridized carbons (Fsp3) is 0.600. The molecule has 1 aromatic rings. The second-order valence-corrected chi connectivity index (χ2v) is 5.25. The fourth-order valence-electron chi connectivity index (χ4n) is 1.57. The Hall–Kier alpha value is -1.22. The van der Waals surface area contributed by atoms with Crippen LogP contribution in [0.1, 0.15) is 40.2 Å². The van der Waals surface area contributed by atoms with Crippen molar-refractivity contribution in [3.63, 3.8) is 0 Å². The van der Waals surface area contributed by atoms with Crippen LogP contribution < -0.4 is 14.8 Å². The van der Waals surface area contributed by atoms with Crippen LogP contribution in [0.4, 0.5) is 0 Å². The molecule has 102 valence electrons. The summed E-state index contributed by atoms with van der Waals surface area (Å²) in [4.78, 5) is 0. The summed E-state index contributed by atoms with van der Waals surface area (Å²) < 4.78 is 11.2. The molecule has 0 aromatic heterocycles. The van der Waals surface area contributed by atoms with Gasteiger partial charge in [0.2, 0.25) is 0 Å². The number of hydrogen-bond donors (Lipinski definition) is 1. The summed E-state index contributed by atoms with van der Waals surface area (Å²) in [5, 5.41) is 3.46. The lowest BCUT2D eigenvalue weighted by Gasteiger charge is -2.21. The van der Waals surface area contributed by atoms with Gasteiger partial charge in [-0.15, -0.1) is 0 Å². The predicted molar refractivity (Wildman–Crippen MR) is 75.4 cm³/mol. The SMILES string of the molecule is CCOc1ccc(CNC(C)(C)C)cc1OCC. The highest BCUT2D eigenvalue weighted by Gasteiger charge is 2.10. The highest BCUT2D eigenvalue weighted by atomic mass is 16.5. The van der Waals surface area contributed by atoms with Gasteiger partial charge >= 0.3 is 0 Å². The molecule has 0 amide bonds. The standard InChI is InChI=1S/C15H25NO2/c1-6-17-13-9-8-12(10-14(13)18-7-2)11-16-15(3,4)5/h8-10,16H,6-7,11H2,1-5H3. The third kappa shape index (κ3) is 4.96. The van der Waals surface area contributed by atoms with Gasteiger partial charge in [0.05, 0.1) is 13.2 Å². The predicted octanol–water partition coefficient (Wildman–Crippen LogP) is 3.37. The zero-order chi connectivity index (χ0) is 13.6. The molecule has 0 fully saturated rings. The van der Waals surface area contributed by atoms with E-state index >= 15 is 0 Å². The van der Waals surface area contributed by atoms with Gasteiger partial charge in [-0.1, -0.05) is 6.07 Å². The first-order valence-corrected chi connectivity index (χ1v) is 6.59. The van der Waals surface area contributed by atoms with Crippen LogP contribution in [0.3, 0.4) is 0 Å². The smallest absolute Gasteiger partial charge is 0.161 e. The molecule has 3 nitrogen and oxygen atoms in total. The Bertz CT molecular complexity index is 369. The minimum atomic E-state index is 0.115. The van der Waals surface area contributed by atoms with Crippen LogP contribution >= 0.6 is 0 Å². The van der Waals surface area contributed by atoms with Gasteiger partial charge in [0.1, 0.15) is 0 Å². The lowest BCUT2D eigenvalue weighted by molar-refractivity contribution is 0.287. The van der Waals surface area contributed by atoms with Crippen molar-refractivity contribution in [2.75, 3.05) is 13.2 Å². The molecule has 0 heterocycles. The Balaban J connectivity index is 2.79. The molecule has 0 aliphatic heterocycles. The van der Waals surface area contributed by atoms with Crippen LogP contribution in [0, 0.1) is 0 Å². The summed E-state index contributed by atoms with van der Waals surface area (Å²) in [6.07, 6.45) is 0. The molecule has 0 spiro atoms. The van der Waals surface area contributed by atoms with Gasteiger partial charge in [0, 0.05) is 12.1 Å². The van der Waals surface area contributed by atoms with Crippen LogP contribution in [0.2, 0.25) is 0 Å². The van der Waals surface area contributed by atoms with Gasteiger partial charge in [0.15, 0.2) is 11.5 Å². The molecule has 0 atom stereocenters. The molecule has 0 bridgehead atoms. The van der Waals surface area contributed by atoms with Crippen LogP contribution in [0.25, 0.3) is 0 Å². The average molecular weight is 251 g/mol. The molecule has 0 radical (unpaired) electrons. The van der Waals surface area contributed by atoms with E-state index in [2.05, 4.69) is 32.2 Å². The van der Waals surface area contributed by atoms with Crippen molar-refractivity contribution in [1.82, 2.24) is 5.32 Å². The Labute approximate surface area is 110 Å². The number of benzene rings is 1. The Morgan fingerprint density at radius 1 is 1.00 bits per heavy atom. The molecule has 0 aliphatic rings. The molecular weight excluding hydrogens is 226 g/mol. The first kappa shape index (κ1) is 14.8. The number of ether oxygens (including phenoxy) is 2. The van der Waals surface area contributed by atoms with Crippen molar-refractivity contribution in [2.45, 2.75) is 46.7 Å². The molecular formula is C15H25NO2. The molecule has 0 saturated carbocycles. The van der Waals surface area contributed by atoms with E-state index in [-0.39, 0.29) is 5.54 Å². The topological polar surface area (TPSA) is 30.5 Å². The molecule has 1 N–H and O–H groups in total. The Morgan fingerprint density at radius 2 is 1.61 bits per heavy atom. The maximum atomic E-state index is 5.61. The second kappa shape index (κ2) is 6.64. The van der Waals surface area contributed by atoms with E-state index in [4.69, 9.17) is 9.47 Å². The lowest BCUT2D eigenvalue weighted by atomic mass is 10.1. The highest BCUT2D eigenvalue weighted by molar-refractivity contribution is 5.43. The normalized spacial score (nSPS) is 11.4. The minimum absolute atomic E-state index is 0.115. The summed E-state index contributed by atoms with van der Waals surface area (Å²) in [5.74, 6) is 1.64. The summed E-state index contributed by atoms with van der Waals surface area (Å²) in [5.41, 5.74) is 1.32. The molecule has 3 heteroatoms.